The van der Waals surface area contributed by atoms with E-state index < -0.39 is 0 Å². The van der Waals surface area contributed by atoms with Gasteiger partial charge in [-0.05, 0) is 68.6 Å². The van der Waals surface area contributed by atoms with Gasteiger partial charge in [0.25, 0.3) is 5.91 Å². The van der Waals surface area contributed by atoms with E-state index in [1.165, 1.54) is 38.5 Å². The number of nitrogens with zero attached hydrogens (tertiary/aromatic N) is 4. The maximum Gasteiger partial charge on any atom is 0.256 e. The first-order valence-corrected chi connectivity index (χ1v) is 11.7. The lowest BCUT2D eigenvalue weighted by Gasteiger charge is -2.34. The lowest BCUT2D eigenvalue weighted by atomic mass is 9.94. The Labute approximate surface area is 193 Å². The first-order valence-electron chi connectivity index (χ1n) is 11.7. The van der Waals surface area contributed by atoms with Crippen LogP contribution in [0.25, 0.3) is 11.4 Å². The molecule has 3 aromatic rings. The van der Waals surface area contributed by atoms with Gasteiger partial charge in [0.2, 0.25) is 11.7 Å². The second-order valence-corrected chi connectivity index (χ2v) is 8.76. The Hall–Kier alpha value is -3.26. The molecule has 1 aliphatic heterocycles. The second-order valence-electron chi connectivity index (χ2n) is 8.76. The minimum Gasteiger partial charge on any atom is -0.497 e. The summed E-state index contributed by atoms with van der Waals surface area (Å²) in [6.45, 7) is 1.11. The number of rotatable bonds is 6. The molecule has 1 amide bonds. The van der Waals surface area contributed by atoms with Gasteiger partial charge in [-0.15, -0.1) is 0 Å². The first-order chi connectivity index (χ1) is 16.2. The molecule has 0 radical (unpaired) electrons. The van der Waals surface area contributed by atoms with Crippen LogP contribution in [0.5, 0.6) is 5.75 Å². The molecule has 0 bridgehead atoms. The number of hydrogen-bond acceptors (Lipinski definition) is 7. The highest BCUT2D eigenvalue weighted by Gasteiger charge is 2.35. The van der Waals surface area contributed by atoms with E-state index in [2.05, 4.69) is 20.4 Å². The maximum atomic E-state index is 12.4. The number of anilines is 1. The van der Waals surface area contributed by atoms with Crippen LogP contribution in [0.15, 0.2) is 47.1 Å². The first kappa shape index (κ1) is 21.6. The minimum absolute atomic E-state index is 0.213. The van der Waals surface area contributed by atoms with Gasteiger partial charge in [-0.1, -0.05) is 24.4 Å². The number of nitrogens with one attached hydrogen (secondary N) is 1. The Balaban J connectivity index is 1.24. The number of hydrogen-bond donors (Lipinski definition) is 1. The lowest BCUT2D eigenvalue weighted by Crippen LogP contribution is -2.36. The van der Waals surface area contributed by atoms with Crippen LogP contribution in [0.3, 0.4) is 0 Å². The van der Waals surface area contributed by atoms with Crippen molar-refractivity contribution < 1.29 is 14.1 Å². The number of aromatic nitrogens is 3. The molecule has 0 unspecified atom stereocenters. The fraction of sp³-hybridized carbons (Fsp3) is 0.440. The number of carbonyl (C=O) groups excluding carboxylic acids is 1. The zero-order valence-corrected chi connectivity index (χ0v) is 18.9. The van der Waals surface area contributed by atoms with Crippen LogP contribution < -0.4 is 10.1 Å². The zero-order chi connectivity index (χ0) is 22.6. The largest absolute Gasteiger partial charge is 0.497 e. The summed E-state index contributed by atoms with van der Waals surface area (Å²) in [5.41, 5.74) is 1.29. The fourth-order valence-electron chi connectivity index (χ4n) is 4.92. The highest BCUT2D eigenvalue weighted by molar-refractivity contribution is 6.03. The predicted octanol–water partition coefficient (Wildman–Crippen LogP) is 4.86. The third kappa shape index (κ3) is 4.75. The van der Waals surface area contributed by atoms with Crippen molar-refractivity contribution >= 4 is 11.7 Å². The van der Waals surface area contributed by atoms with Crippen LogP contribution in [-0.4, -0.2) is 45.6 Å². The highest BCUT2D eigenvalue weighted by atomic mass is 16.5. The van der Waals surface area contributed by atoms with Crippen molar-refractivity contribution in [2.45, 2.75) is 57.0 Å². The van der Waals surface area contributed by atoms with Gasteiger partial charge in [-0.2, -0.15) is 4.98 Å². The number of amides is 1. The molecule has 1 atom stereocenters. The van der Waals surface area contributed by atoms with E-state index in [0.717, 1.165) is 18.5 Å². The fourth-order valence-corrected chi connectivity index (χ4v) is 4.92. The van der Waals surface area contributed by atoms with Crippen molar-refractivity contribution in [3.8, 4) is 17.1 Å². The van der Waals surface area contributed by atoms with Gasteiger partial charge in [-0.25, -0.2) is 4.98 Å². The van der Waals surface area contributed by atoms with Gasteiger partial charge in [0.05, 0.1) is 13.2 Å². The molecule has 172 valence electrons. The van der Waals surface area contributed by atoms with Crippen LogP contribution in [0.1, 0.15) is 67.2 Å². The standard InChI is InChI=1S/C25H29N5O3/c1-32-20-12-9-17(10-13-20)24(31)27-22-14-11-18(16-26-22)23-28-25(33-29-23)21-8-5-15-30(21)19-6-3-2-4-7-19/h9-14,16,19,21H,2-8,15H2,1H3,(H,26,27,31)/t21-/m0/s1. The smallest absolute Gasteiger partial charge is 0.256 e. The van der Waals surface area contributed by atoms with Crippen molar-refractivity contribution in [3.63, 3.8) is 0 Å². The van der Waals surface area contributed by atoms with Crippen molar-refractivity contribution in [3.05, 3.63) is 54.0 Å². The molecule has 8 nitrogen and oxygen atoms in total. The molecule has 1 saturated carbocycles. The van der Waals surface area contributed by atoms with Gasteiger partial charge in [0.1, 0.15) is 11.6 Å². The Bertz CT molecular complexity index is 1070. The van der Waals surface area contributed by atoms with Gasteiger partial charge in [0.15, 0.2) is 0 Å². The third-order valence-electron chi connectivity index (χ3n) is 6.68. The molecule has 8 heteroatoms. The van der Waals surface area contributed by atoms with E-state index in [4.69, 9.17) is 14.2 Å². The van der Waals surface area contributed by atoms with Gasteiger partial charge in [-0.3, -0.25) is 9.69 Å². The summed E-state index contributed by atoms with van der Waals surface area (Å²) in [7, 11) is 1.59. The third-order valence-corrected chi connectivity index (χ3v) is 6.68. The molecule has 3 heterocycles. The highest BCUT2D eigenvalue weighted by Crippen LogP contribution is 2.37. The maximum absolute atomic E-state index is 12.4. The Morgan fingerprint density at radius 1 is 1.06 bits per heavy atom. The normalized spacial score (nSPS) is 19.5. The Kier molecular flexibility index (Phi) is 6.35. The van der Waals surface area contributed by atoms with Crippen molar-refractivity contribution in [2.75, 3.05) is 19.0 Å². The molecule has 1 saturated heterocycles. The molecule has 1 N–H and O–H groups in total. The summed E-state index contributed by atoms with van der Waals surface area (Å²) in [4.78, 5) is 24.1. The van der Waals surface area contributed by atoms with E-state index in [1.807, 2.05) is 6.07 Å². The number of carbonyl (C=O) groups is 1. The molecular formula is C25H29N5O3. The van der Waals surface area contributed by atoms with Crippen LogP contribution in [0, 0.1) is 0 Å². The summed E-state index contributed by atoms with van der Waals surface area (Å²) in [6, 6.07) is 11.4. The summed E-state index contributed by atoms with van der Waals surface area (Å²) in [5.74, 6) is 2.16. The quantitative estimate of drug-likeness (QED) is 0.577. The predicted molar refractivity (Wildman–Crippen MR) is 124 cm³/mol. The van der Waals surface area contributed by atoms with Crippen molar-refractivity contribution in [2.24, 2.45) is 0 Å². The molecule has 0 spiro atoms. The molecular weight excluding hydrogens is 418 g/mol. The molecule has 1 aromatic carbocycles. The summed E-state index contributed by atoms with van der Waals surface area (Å²) in [5, 5.41) is 7.02. The van der Waals surface area contributed by atoms with Crippen LogP contribution >= 0.6 is 0 Å². The van der Waals surface area contributed by atoms with Gasteiger partial charge < -0.3 is 14.6 Å². The number of pyridine rings is 1. The molecule has 5 rings (SSSR count). The van der Waals surface area contributed by atoms with E-state index in [9.17, 15) is 4.79 Å². The Morgan fingerprint density at radius 3 is 2.61 bits per heavy atom. The van der Waals surface area contributed by atoms with E-state index in [0.29, 0.717) is 34.9 Å². The van der Waals surface area contributed by atoms with E-state index >= 15 is 0 Å². The average molecular weight is 448 g/mol. The number of methoxy groups -OCH3 is 1. The van der Waals surface area contributed by atoms with Gasteiger partial charge >= 0.3 is 0 Å². The van der Waals surface area contributed by atoms with Crippen molar-refractivity contribution in [1.82, 2.24) is 20.0 Å². The average Bonchev–Trinajstić information content (AvgIpc) is 3.55. The lowest BCUT2D eigenvalue weighted by molar-refractivity contribution is 0.102. The van der Waals surface area contributed by atoms with Gasteiger partial charge in [0, 0.05) is 23.4 Å². The van der Waals surface area contributed by atoms with E-state index in [-0.39, 0.29) is 11.9 Å². The summed E-state index contributed by atoms with van der Waals surface area (Å²) < 4.78 is 10.8. The Morgan fingerprint density at radius 2 is 1.88 bits per heavy atom. The number of ether oxygens (including phenoxy) is 1. The SMILES string of the molecule is COc1ccc(C(=O)Nc2ccc(-c3noc([C@@H]4CCCN4C4CCCCC4)n3)cn2)cc1. The molecule has 2 aromatic heterocycles. The van der Waals surface area contributed by atoms with E-state index in [1.54, 1.807) is 43.6 Å². The second kappa shape index (κ2) is 9.70. The van der Waals surface area contributed by atoms with Crippen molar-refractivity contribution in [1.29, 1.82) is 0 Å². The summed E-state index contributed by atoms with van der Waals surface area (Å²) in [6.07, 6.45) is 10.4. The number of benzene rings is 1. The van der Waals surface area contributed by atoms with Crippen LogP contribution in [-0.2, 0) is 0 Å². The van der Waals surface area contributed by atoms with Crippen LogP contribution in [0.4, 0.5) is 5.82 Å². The monoisotopic (exact) mass is 447 g/mol. The molecule has 2 fully saturated rings. The summed E-state index contributed by atoms with van der Waals surface area (Å²) >= 11 is 0. The molecule has 33 heavy (non-hydrogen) atoms. The molecule has 1 aliphatic carbocycles. The molecule has 2 aliphatic rings. The number of likely N-dealkylation sites (tertiary alicyclic amines) is 1. The zero-order valence-electron chi connectivity index (χ0n) is 18.9. The topological polar surface area (TPSA) is 93.4 Å². The minimum atomic E-state index is -0.233. The van der Waals surface area contributed by atoms with Crippen LogP contribution in [0.2, 0.25) is 0 Å².